The number of nitrogens with one attached hydrogen (secondary N) is 1. The molecule has 0 heterocycles. The largest absolute Gasteiger partial charge is 0.497 e. The predicted molar refractivity (Wildman–Crippen MR) is 100 cm³/mol. The lowest BCUT2D eigenvalue weighted by molar-refractivity contribution is -0.121. The van der Waals surface area contributed by atoms with Gasteiger partial charge in [0.1, 0.15) is 11.5 Å². The molecule has 0 radical (unpaired) electrons. The second-order valence-electron chi connectivity index (χ2n) is 6.26. The summed E-state index contributed by atoms with van der Waals surface area (Å²) in [5.74, 6) is 1.63. The van der Waals surface area contributed by atoms with Crippen LogP contribution in [0.25, 0.3) is 0 Å². The van der Waals surface area contributed by atoms with E-state index in [1.165, 1.54) is 11.1 Å². The van der Waals surface area contributed by atoms with Crippen LogP contribution in [0.3, 0.4) is 0 Å². The van der Waals surface area contributed by atoms with Gasteiger partial charge in [-0.15, -0.1) is 0 Å². The van der Waals surface area contributed by atoms with E-state index in [4.69, 9.17) is 9.47 Å². The zero-order chi connectivity index (χ0) is 18.2. The van der Waals surface area contributed by atoms with Crippen LogP contribution in [0.5, 0.6) is 11.5 Å². The number of carbonyl (C=O) groups is 1. The third-order valence-corrected chi connectivity index (χ3v) is 4.28. The number of carbonyl (C=O) groups excluding carboxylic acids is 1. The Morgan fingerprint density at radius 3 is 2.36 bits per heavy atom. The maximum absolute atomic E-state index is 12.1. The molecule has 2 aromatic carbocycles. The van der Waals surface area contributed by atoms with Crippen LogP contribution in [-0.2, 0) is 4.79 Å². The molecule has 25 heavy (non-hydrogen) atoms. The highest BCUT2D eigenvalue weighted by molar-refractivity contribution is 5.76. The summed E-state index contributed by atoms with van der Waals surface area (Å²) in [5.41, 5.74) is 3.63. The first kappa shape index (κ1) is 18.8. The molecule has 1 amide bonds. The van der Waals surface area contributed by atoms with Gasteiger partial charge >= 0.3 is 0 Å². The Labute approximate surface area is 150 Å². The third-order valence-electron chi connectivity index (χ3n) is 4.28. The average molecular weight is 341 g/mol. The van der Waals surface area contributed by atoms with E-state index in [0.29, 0.717) is 19.4 Å². The number of aryl methyl sites for hydroxylation is 2. The van der Waals surface area contributed by atoms with Crippen LogP contribution in [0.1, 0.15) is 42.5 Å². The lowest BCUT2D eigenvalue weighted by Crippen LogP contribution is -2.26. The van der Waals surface area contributed by atoms with Gasteiger partial charge in [0, 0.05) is 6.42 Å². The van der Waals surface area contributed by atoms with Crippen molar-refractivity contribution in [2.24, 2.45) is 0 Å². The van der Waals surface area contributed by atoms with Gasteiger partial charge in [-0.1, -0.05) is 18.2 Å². The van der Waals surface area contributed by atoms with Gasteiger partial charge < -0.3 is 14.8 Å². The van der Waals surface area contributed by atoms with Crippen LogP contribution in [-0.4, -0.2) is 19.6 Å². The van der Waals surface area contributed by atoms with Crippen LogP contribution < -0.4 is 14.8 Å². The second-order valence-corrected chi connectivity index (χ2v) is 6.26. The molecule has 4 nitrogen and oxygen atoms in total. The predicted octanol–water partition coefficient (Wildman–Crippen LogP) is 4.35. The minimum atomic E-state index is 0.00862. The Morgan fingerprint density at radius 1 is 1.04 bits per heavy atom. The summed E-state index contributed by atoms with van der Waals surface area (Å²) in [6.45, 7) is 6.70. The van der Waals surface area contributed by atoms with Crippen LogP contribution in [0.15, 0.2) is 42.5 Å². The molecule has 0 aliphatic heterocycles. The molecule has 2 aromatic rings. The number of hydrogen-bond donors (Lipinski definition) is 1. The van der Waals surface area contributed by atoms with E-state index < -0.39 is 0 Å². The molecule has 2 rings (SSSR count). The number of amides is 1. The van der Waals surface area contributed by atoms with E-state index in [0.717, 1.165) is 17.1 Å². The van der Waals surface area contributed by atoms with Crippen molar-refractivity contribution in [1.29, 1.82) is 0 Å². The van der Waals surface area contributed by atoms with E-state index in [9.17, 15) is 4.79 Å². The Morgan fingerprint density at radius 2 is 1.72 bits per heavy atom. The van der Waals surface area contributed by atoms with Crippen LogP contribution in [0, 0.1) is 13.8 Å². The molecule has 0 aromatic heterocycles. The Bertz CT molecular complexity index is 695. The molecule has 1 N–H and O–H groups in total. The summed E-state index contributed by atoms with van der Waals surface area (Å²) in [4.78, 5) is 12.1. The molecule has 0 saturated carbocycles. The fourth-order valence-electron chi connectivity index (χ4n) is 2.53. The standard InChI is InChI=1S/C21H27NO3/c1-15-7-8-18(14-16(15)2)17(3)22-21(23)6-5-13-25-20-11-9-19(24-4)10-12-20/h7-12,14,17H,5-6,13H2,1-4H3,(H,22,23)/t17-/m0/s1. The first-order valence-electron chi connectivity index (χ1n) is 8.63. The quantitative estimate of drug-likeness (QED) is 0.726. The maximum atomic E-state index is 12.1. The highest BCUT2D eigenvalue weighted by Gasteiger charge is 2.10. The van der Waals surface area contributed by atoms with E-state index in [1.54, 1.807) is 7.11 Å². The molecular weight excluding hydrogens is 314 g/mol. The lowest BCUT2D eigenvalue weighted by Gasteiger charge is -2.16. The molecule has 0 aliphatic carbocycles. The van der Waals surface area contributed by atoms with Gasteiger partial charge in [0.2, 0.25) is 5.91 Å². The Hall–Kier alpha value is -2.49. The summed E-state index contributed by atoms with van der Waals surface area (Å²) in [6.07, 6.45) is 1.13. The van der Waals surface area contributed by atoms with Gasteiger partial charge in [0.15, 0.2) is 0 Å². The Kier molecular flexibility index (Phi) is 6.87. The first-order chi connectivity index (χ1) is 12.0. The van der Waals surface area contributed by atoms with Crippen molar-refractivity contribution in [2.45, 2.75) is 39.7 Å². The summed E-state index contributed by atoms with van der Waals surface area (Å²) in [7, 11) is 1.63. The zero-order valence-corrected chi connectivity index (χ0v) is 15.5. The van der Waals surface area contributed by atoms with Gasteiger partial charge in [-0.25, -0.2) is 0 Å². The van der Waals surface area contributed by atoms with E-state index in [1.807, 2.05) is 31.2 Å². The van der Waals surface area contributed by atoms with Crippen molar-refractivity contribution in [3.63, 3.8) is 0 Å². The molecule has 0 unspecified atom stereocenters. The zero-order valence-electron chi connectivity index (χ0n) is 15.5. The molecule has 134 valence electrons. The average Bonchev–Trinajstić information content (AvgIpc) is 2.61. The van der Waals surface area contributed by atoms with Crippen molar-refractivity contribution in [3.8, 4) is 11.5 Å². The second kappa shape index (κ2) is 9.11. The van der Waals surface area contributed by atoms with Crippen LogP contribution in [0.2, 0.25) is 0 Å². The molecular formula is C21H27NO3. The fourth-order valence-corrected chi connectivity index (χ4v) is 2.53. The normalized spacial score (nSPS) is 11.7. The van der Waals surface area contributed by atoms with Crippen molar-refractivity contribution in [2.75, 3.05) is 13.7 Å². The van der Waals surface area contributed by atoms with Crippen molar-refractivity contribution < 1.29 is 14.3 Å². The highest BCUT2D eigenvalue weighted by atomic mass is 16.5. The number of hydrogen-bond acceptors (Lipinski definition) is 3. The molecule has 4 heteroatoms. The number of rotatable bonds is 8. The van der Waals surface area contributed by atoms with Crippen LogP contribution in [0.4, 0.5) is 0 Å². The van der Waals surface area contributed by atoms with Gasteiger partial charge in [-0.2, -0.15) is 0 Å². The first-order valence-corrected chi connectivity index (χ1v) is 8.63. The summed E-state index contributed by atoms with van der Waals surface area (Å²) >= 11 is 0. The van der Waals surface area contributed by atoms with E-state index >= 15 is 0 Å². The monoisotopic (exact) mass is 341 g/mol. The number of methoxy groups -OCH3 is 1. The molecule has 0 aliphatic rings. The van der Waals surface area contributed by atoms with E-state index in [-0.39, 0.29) is 11.9 Å². The van der Waals surface area contributed by atoms with Gasteiger partial charge in [-0.3, -0.25) is 4.79 Å². The van der Waals surface area contributed by atoms with Gasteiger partial charge in [0.25, 0.3) is 0 Å². The van der Waals surface area contributed by atoms with Gasteiger partial charge in [0.05, 0.1) is 19.8 Å². The SMILES string of the molecule is COc1ccc(OCCCC(=O)N[C@@H](C)c2ccc(C)c(C)c2)cc1. The van der Waals surface area contributed by atoms with Crippen molar-refractivity contribution >= 4 is 5.91 Å². The fraction of sp³-hybridized carbons (Fsp3) is 0.381. The minimum Gasteiger partial charge on any atom is -0.497 e. The smallest absolute Gasteiger partial charge is 0.220 e. The van der Waals surface area contributed by atoms with Crippen LogP contribution >= 0.6 is 0 Å². The number of ether oxygens (including phenoxy) is 2. The summed E-state index contributed by atoms with van der Waals surface area (Å²) in [5, 5.41) is 3.05. The highest BCUT2D eigenvalue weighted by Crippen LogP contribution is 2.18. The Balaban J connectivity index is 1.71. The molecule has 0 fully saturated rings. The maximum Gasteiger partial charge on any atom is 0.220 e. The van der Waals surface area contributed by atoms with Gasteiger partial charge in [-0.05, 0) is 68.1 Å². The molecule has 0 spiro atoms. The topological polar surface area (TPSA) is 47.6 Å². The molecule has 1 atom stereocenters. The summed E-state index contributed by atoms with van der Waals surface area (Å²) < 4.78 is 10.7. The third kappa shape index (κ3) is 5.82. The van der Waals surface area contributed by atoms with E-state index in [2.05, 4.69) is 37.4 Å². The van der Waals surface area contributed by atoms with Crippen molar-refractivity contribution in [1.82, 2.24) is 5.32 Å². The minimum absolute atomic E-state index is 0.00862. The number of benzene rings is 2. The van der Waals surface area contributed by atoms with Crippen molar-refractivity contribution in [3.05, 3.63) is 59.2 Å². The lowest BCUT2D eigenvalue weighted by atomic mass is 10.0. The molecule has 0 bridgehead atoms. The summed E-state index contributed by atoms with van der Waals surface area (Å²) in [6, 6.07) is 13.7. The molecule has 0 saturated heterocycles.